The van der Waals surface area contributed by atoms with Gasteiger partial charge in [0.25, 0.3) is 5.91 Å². The van der Waals surface area contributed by atoms with Gasteiger partial charge in [0.05, 0.1) is 40.3 Å². The number of nitrogens with one attached hydrogen (secondary N) is 3. The number of β-amino-alcohol motifs (C(OH)–C–C–N with tert-alkyl or cyclic N) is 1. The molecule has 1 unspecified atom stereocenters. The molecule has 2 aromatic heterocycles. The van der Waals surface area contributed by atoms with Gasteiger partial charge in [0.2, 0.25) is 17.7 Å². The van der Waals surface area contributed by atoms with Gasteiger partial charge in [-0.2, -0.15) is 0 Å². The van der Waals surface area contributed by atoms with Crippen LogP contribution < -0.4 is 20.9 Å². The van der Waals surface area contributed by atoms with Gasteiger partial charge in [-0.1, -0.05) is 45.0 Å². The average molecular weight is 791 g/mol. The van der Waals surface area contributed by atoms with Crippen molar-refractivity contribution in [3.05, 3.63) is 64.9 Å². The molecule has 5 amide bonds. The molecule has 2 aliphatic heterocycles. The highest BCUT2D eigenvalue weighted by molar-refractivity contribution is 7.13. The van der Waals surface area contributed by atoms with Crippen LogP contribution in [0.5, 0.6) is 0 Å². The molecule has 5 rings (SSSR count). The second-order valence-electron chi connectivity index (χ2n) is 16.4. The van der Waals surface area contributed by atoms with Gasteiger partial charge in [0.15, 0.2) is 0 Å². The van der Waals surface area contributed by atoms with Crippen molar-refractivity contribution in [1.29, 1.82) is 0 Å². The summed E-state index contributed by atoms with van der Waals surface area (Å²) in [5.74, 6) is -1.37. The minimum absolute atomic E-state index is 0.0594. The maximum atomic E-state index is 14.0. The quantitative estimate of drug-likeness (QED) is 0.236. The molecule has 0 radical (unpaired) electrons. The maximum absolute atomic E-state index is 14.0. The number of aliphatic hydroxyl groups excluding tert-OH is 1. The summed E-state index contributed by atoms with van der Waals surface area (Å²) in [6.45, 7) is 16.3. The first-order valence-electron chi connectivity index (χ1n) is 18.9. The van der Waals surface area contributed by atoms with E-state index >= 15 is 0 Å². The van der Waals surface area contributed by atoms with E-state index in [0.717, 1.165) is 21.7 Å². The number of amides is 5. The van der Waals surface area contributed by atoms with Crippen molar-refractivity contribution in [3.63, 3.8) is 0 Å². The zero-order valence-corrected chi connectivity index (χ0v) is 34.2. The standard InChI is InChI=1S/C40H54N8O7S/c1-24(26-9-11-27(12-10-26)33-25(2)43-23-56-33)44-36(52)30-19-29(49)22-48(30)37(53)34(39(3,4)5)45-32(50)21-42-35(51)28-13-14-31(41-20-28)46-15-17-47(18-16-46)38(54)55-40(6,7)8/h9-14,20,23-24,29-30,34,49H,15-19,21-22H2,1-8H3,(H,42,51)(H,44,52)(H,45,50)/t24-,29+,30-,34?/m0/s1. The number of pyridine rings is 1. The van der Waals surface area contributed by atoms with Crippen molar-refractivity contribution >= 4 is 46.9 Å². The highest BCUT2D eigenvalue weighted by Gasteiger charge is 2.44. The minimum atomic E-state index is -1.05. The van der Waals surface area contributed by atoms with Crippen molar-refractivity contribution < 1.29 is 33.8 Å². The smallest absolute Gasteiger partial charge is 0.410 e. The predicted octanol–water partition coefficient (Wildman–Crippen LogP) is 3.67. The molecule has 4 N–H and O–H groups in total. The van der Waals surface area contributed by atoms with Crippen molar-refractivity contribution in [3.8, 4) is 10.4 Å². The molecule has 16 heteroatoms. The summed E-state index contributed by atoms with van der Waals surface area (Å²) in [5.41, 5.74) is 3.58. The van der Waals surface area contributed by atoms with Crippen LogP contribution >= 0.6 is 11.3 Å². The average Bonchev–Trinajstić information content (AvgIpc) is 3.76. The van der Waals surface area contributed by atoms with Crippen molar-refractivity contribution in [2.45, 2.75) is 91.6 Å². The largest absolute Gasteiger partial charge is 0.444 e. The van der Waals surface area contributed by atoms with Crippen LogP contribution in [0.25, 0.3) is 10.4 Å². The summed E-state index contributed by atoms with van der Waals surface area (Å²) >= 11 is 1.56. The number of nitrogens with zero attached hydrogens (tertiary/aromatic N) is 5. The molecular weight excluding hydrogens is 737 g/mol. The van der Waals surface area contributed by atoms with Gasteiger partial charge in [0.1, 0.15) is 23.5 Å². The zero-order valence-electron chi connectivity index (χ0n) is 33.4. The van der Waals surface area contributed by atoms with Gasteiger partial charge >= 0.3 is 6.09 Å². The van der Waals surface area contributed by atoms with E-state index in [4.69, 9.17) is 4.74 Å². The van der Waals surface area contributed by atoms with Crippen molar-refractivity contribution in [2.24, 2.45) is 5.41 Å². The molecule has 3 aromatic rings. The third-order valence-electron chi connectivity index (χ3n) is 9.74. The third-order valence-corrected chi connectivity index (χ3v) is 10.7. The second kappa shape index (κ2) is 17.4. The number of anilines is 1. The molecule has 4 heterocycles. The Labute approximate surface area is 332 Å². The Morgan fingerprint density at radius 3 is 2.20 bits per heavy atom. The van der Waals surface area contributed by atoms with Crippen LogP contribution in [0.3, 0.4) is 0 Å². The number of carbonyl (C=O) groups is 5. The van der Waals surface area contributed by atoms with Crippen LogP contribution in [-0.4, -0.2) is 118 Å². The fraction of sp³-hybridized carbons (Fsp3) is 0.525. The lowest BCUT2D eigenvalue weighted by atomic mass is 9.85. The second-order valence-corrected chi connectivity index (χ2v) is 17.3. The van der Waals surface area contributed by atoms with E-state index < -0.39 is 59.4 Å². The first-order chi connectivity index (χ1) is 26.3. The van der Waals surface area contributed by atoms with Gasteiger partial charge in [0, 0.05) is 45.3 Å². The summed E-state index contributed by atoms with van der Waals surface area (Å²) in [5, 5.41) is 18.9. The van der Waals surface area contributed by atoms with E-state index in [0.29, 0.717) is 32.0 Å². The molecule has 0 spiro atoms. The molecule has 1 aromatic carbocycles. The molecule has 4 atom stereocenters. The summed E-state index contributed by atoms with van der Waals surface area (Å²) in [4.78, 5) is 81.0. The topological polar surface area (TPSA) is 186 Å². The number of aliphatic hydroxyl groups is 1. The zero-order chi connectivity index (χ0) is 40.9. The number of benzene rings is 1. The SMILES string of the molecule is Cc1ncsc1-c1ccc([C@H](C)NC(=O)[C@@H]2C[C@@H](O)CN2C(=O)C(NC(=O)CNC(=O)c2ccc(N3CCN(C(=O)OC(C)(C)C)CC3)nc2)C(C)(C)C)cc1. The van der Waals surface area contributed by atoms with Crippen LogP contribution in [0.4, 0.5) is 10.6 Å². The van der Waals surface area contributed by atoms with Crippen LogP contribution in [0.15, 0.2) is 48.1 Å². The van der Waals surface area contributed by atoms with E-state index in [2.05, 4.69) is 25.9 Å². The molecule has 0 aliphatic carbocycles. The van der Waals surface area contributed by atoms with E-state index in [9.17, 15) is 29.1 Å². The number of hydrogen-bond acceptors (Lipinski definition) is 11. The lowest BCUT2D eigenvalue weighted by molar-refractivity contribution is -0.144. The number of ether oxygens (including phenoxy) is 1. The summed E-state index contributed by atoms with van der Waals surface area (Å²) in [6.07, 6.45) is 0.217. The van der Waals surface area contributed by atoms with E-state index in [-0.39, 0.29) is 30.7 Å². The van der Waals surface area contributed by atoms with Crippen LogP contribution in [-0.2, 0) is 19.1 Å². The molecule has 2 aliphatic rings. The first-order valence-corrected chi connectivity index (χ1v) is 19.7. The number of hydrogen-bond donors (Lipinski definition) is 4. The maximum Gasteiger partial charge on any atom is 0.410 e. The monoisotopic (exact) mass is 790 g/mol. The fourth-order valence-corrected chi connectivity index (χ4v) is 7.45. The molecule has 0 bridgehead atoms. The molecule has 15 nitrogen and oxygen atoms in total. The molecular formula is C40H54N8O7S. The molecule has 2 saturated heterocycles. The number of likely N-dealkylation sites (tertiary alicyclic amines) is 1. The Morgan fingerprint density at radius 2 is 1.62 bits per heavy atom. The van der Waals surface area contributed by atoms with Crippen LogP contribution in [0, 0.1) is 12.3 Å². The minimum Gasteiger partial charge on any atom is -0.444 e. The van der Waals surface area contributed by atoms with Crippen molar-refractivity contribution in [2.75, 3.05) is 44.2 Å². The summed E-state index contributed by atoms with van der Waals surface area (Å²) in [7, 11) is 0. The highest BCUT2D eigenvalue weighted by atomic mass is 32.1. The molecule has 2 fully saturated rings. The lowest BCUT2D eigenvalue weighted by Crippen LogP contribution is -2.58. The van der Waals surface area contributed by atoms with Gasteiger partial charge in [-0.3, -0.25) is 19.2 Å². The van der Waals surface area contributed by atoms with Gasteiger partial charge in [-0.25, -0.2) is 14.8 Å². The molecule has 302 valence electrons. The van der Waals surface area contributed by atoms with Crippen LogP contribution in [0.1, 0.15) is 82.5 Å². The van der Waals surface area contributed by atoms with E-state index in [1.165, 1.54) is 11.1 Å². The highest BCUT2D eigenvalue weighted by Crippen LogP contribution is 2.30. The number of thiazole rings is 1. The van der Waals surface area contributed by atoms with E-state index in [1.807, 2.05) is 63.8 Å². The molecule has 56 heavy (non-hydrogen) atoms. The molecule has 0 saturated carbocycles. The first kappa shape index (κ1) is 42.1. The predicted molar refractivity (Wildman–Crippen MR) is 213 cm³/mol. The summed E-state index contributed by atoms with van der Waals surface area (Å²) in [6, 6.07) is 8.82. The van der Waals surface area contributed by atoms with Crippen molar-refractivity contribution in [1.82, 2.24) is 35.7 Å². The number of rotatable bonds is 10. The Balaban J connectivity index is 1.14. The Kier molecular flexibility index (Phi) is 13.0. The normalized spacial score (nSPS) is 18.6. The lowest BCUT2D eigenvalue weighted by Gasteiger charge is -2.36. The number of piperazine rings is 1. The number of aromatic nitrogens is 2. The Morgan fingerprint density at radius 1 is 0.946 bits per heavy atom. The Hall–Kier alpha value is -5.09. The van der Waals surface area contributed by atoms with Gasteiger partial charge in [-0.15, -0.1) is 11.3 Å². The summed E-state index contributed by atoms with van der Waals surface area (Å²) < 4.78 is 5.46. The van der Waals surface area contributed by atoms with Gasteiger partial charge < -0.3 is 40.5 Å². The Bertz CT molecular complexity index is 1880. The van der Waals surface area contributed by atoms with E-state index in [1.54, 1.807) is 54.7 Å². The number of carbonyl (C=O) groups excluding carboxylic acids is 5. The third kappa shape index (κ3) is 10.6. The number of aryl methyl sites for hydroxylation is 1. The fourth-order valence-electron chi connectivity index (χ4n) is 6.64. The van der Waals surface area contributed by atoms with Crippen LogP contribution in [0.2, 0.25) is 0 Å². The van der Waals surface area contributed by atoms with Gasteiger partial charge in [-0.05, 0) is 63.3 Å².